The van der Waals surface area contributed by atoms with Crippen molar-refractivity contribution in [2.45, 2.75) is 25.4 Å². The van der Waals surface area contributed by atoms with Crippen LogP contribution in [0.15, 0.2) is 36.4 Å². The number of hydrogen-bond acceptors (Lipinski definition) is 6. The zero-order valence-corrected chi connectivity index (χ0v) is 14.8. The van der Waals surface area contributed by atoms with Crippen LogP contribution in [0.2, 0.25) is 0 Å². The number of rotatable bonds is 7. The standard InChI is InChI=1S/C17H16F3NO5S/c1-9(23)15(12(24)8-22)21-16(25)14-7-6-13(27-14)10-2-4-11(5-3-10)26-17(18,19)20/h2-7,9,15,22-23H,8H2,1H3,(H,21,25)/t9-,15+/m1/s1. The first-order valence-corrected chi connectivity index (χ1v) is 8.51. The largest absolute Gasteiger partial charge is 0.573 e. The summed E-state index contributed by atoms with van der Waals surface area (Å²) in [5, 5.41) is 20.8. The van der Waals surface area contributed by atoms with E-state index in [0.29, 0.717) is 10.4 Å². The molecule has 0 saturated carbocycles. The number of ketones is 1. The van der Waals surface area contributed by atoms with Crippen molar-refractivity contribution in [3.63, 3.8) is 0 Å². The molecule has 146 valence electrons. The molecule has 2 atom stereocenters. The van der Waals surface area contributed by atoms with Crippen LogP contribution in [0, 0.1) is 0 Å². The normalized spacial score (nSPS) is 13.7. The quantitative estimate of drug-likeness (QED) is 0.660. The number of aliphatic hydroxyl groups excluding tert-OH is 2. The van der Waals surface area contributed by atoms with Gasteiger partial charge in [-0.1, -0.05) is 0 Å². The molecular formula is C17H16F3NO5S. The summed E-state index contributed by atoms with van der Waals surface area (Å²) in [4.78, 5) is 24.7. The van der Waals surface area contributed by atoms with Gasteiger partial charge in [0, 0.05) is 4.88 Å². The van der Waals surface area contributed by atoms with Crippen molar-refractivity contribution < 1.29 is 37.7 Å². The van der Waals surface area contributed by atoms with E-state index in [1.165, 1.54) is 25.1 Å². The highest BCUT2D eigenvalue weighted by molar-refractivity contribution is 7.17. The van der Waals surface area contributed by atoms with Crippen LogP contribution in [0.5, 0.6) is 5.75 Å². The van der Waals surface area contributed by atoms with Crippen molar-refractivity contribution in [1.82, 2.24) is 5.32 Å². The lowest BCUT2D eigenvalue weighted by Gasteiger charge is -2.18. The zero-order valence-electron chi connectivity index (χ0n) is 14.0. The maximum atomic E-state index is 12.2. The lowest BCUT2D eigenvalue weighted by atomic mass is 10.1. The maximum Gasteiger partial charge on any atom is 0.573 e. The molecule has 0 unspecified atom stereocenters. The second kappa shape index (κ2) is 8.51. The fraction of sp³-hybridized carbons (Fsp3) is 0.294. The Balaban J connectivity index is 2.11. The van der Waals surface area contributed by atoms with Gasteiger partial charge in [0.15, 0.2) is 5.78 Å². The average molecular weight is 403 g/mol. The first kappa shape index (κ1) is 20.9. The minimum atomic E-state index is -4.78. The summed E-state index contributed by atoms with van der Waals surface area (Å²) < 4.78 is 40.3. The number of carbonyl (C=O) groups excluding carboxylic acids is 2. The van der Waals surface area contributed by atoms with E-state index in [1.54, 1.807) is 6.07 Å². The third-order valence-electron chi connectivity index (χ3n) is 3.47. The lowest BCUT2D eigenvalue weighted by molar-refractivity contribution is -0.274. The van der Waals surface area contributed by atoms with Gasteiger partial charge in [0.2, 0.25) is 0 Å². The number of Topliss-reactive ketones (excluding diaryl/α,β-unsaturated/α-hetero) is 1. The van der Waals surface area contributed by atoms with Gasteiger partial charge in [-0.25, -0.2) is 0 Å². The van der Waals surface area contributed by atoms with Crippen molar-refractivity contribution in [3.8, 4) is 16.2 Å². The number of halogens is 3. The predicted octanol–water partition coefficient (Wildman–Crippen LogP) is 2.35. The van der Waals surface area contributed by atoms with E-state index in [1.807, 2.05) is 0 Å². The molecule has 1 aromatic heterocycles. The van der Waals surface area contributed by atoms with Gasteiger partial charge in [-0.05, 0) is 48.9 Å². The molecule has 27 heavy (non-hydrogen) atoms. The molecule has 1 aromatic carbocycles. The second-order valence-corrected chi connectivity index (χ2v) is 6.64. The second-order valence-electron chi connectivity index (χ2n) is 5.55. The van der Waals surface area contributed by atoms with Gasteiger partial charge >= 0.3 is 6.36 Å². The van der Waals surface area contributed by atoms with Crippen LogP contribution in [0.3, 0.4) is 0 Å². The number of thiophene rings is 1. The minimum absolute atomic E-state index is 0.233. The predicted molar refractivity (Wildman–Crippen MR) is 91.5 cm³/mol. The number of hydrogen-bond donors (Lipinski definition) is 3. The molecule has 0 spiro atoms. The summed E-state index contributed by atoms with van der Waals surface area (Å²) in [6.45, 7) is 0.487. The van der Waals surface area contributed by atoms with E-state index in [4.69, 9.17) is 5.11 Å². The number of aliphatic hydroxyl groups is 2. The van der Waals surface area contributed by atoms with Crippen molar-refractivity contribution >= 4 is 23.0 Å². The Morgan fingerprint density at radius 3 is 2.33 bits per heavy atom. The molecular weight excluding hydrogens is 387 g/mol. The van der Waals surface area contributed by atoms with E-state index in [2.05, 4.69) is 10.1 Å². The number of nitrogens with one attached hydrogen (secondary N) is 1. The SMILES string of the molecule is C[C@@H](O)[C@H](NC(=O)c1ccc(-c2ccc(OC(F)(F)F)cc2)s1)C(=O)CO. The summed E-state index contributed by atoms with van der Waals surface area (Å²) in [7, 11) is 0. The van der Waals surface area contributed by atoms with E-state index in [-0.39, 0.29) is 10.6 Å². The Kier molecular flexibility index (Phi) is 6.58. The van der Waals surface area contributed by atoms with Crippen molar-refractivity contribution in [2.75, 3.05) is 6.61 Å². The molecule has 0 aliphatic heterocycles. The monoisotopic (exact) mass is 403 g/mol. The lowest BCUT2D eigenvalue weighted by Crippen LogP contribution is -2.48. The van der Waals surface area contributed by atoms with Crippen LogP contribution >= 0.6 is 11.3 Å². The Morgan fingerprint density at radius 1 is 1.19 bits per heavy atom. The average Bonchev–Trinajstić information content (AvgIpc) is 3.08. The van der Waals surface area contributed by atoms with Crippen LogP contribution < -0.4 is 10.1 Å². The first-order valence-electron chi connectivity index (χ1n) is 7.69. The Hall–Kier alpha value is -2.43. The van der Waals surface area contributed by atoms with E-state index >= 15 is 0 Å². The summed E-state index contributed by atoms with van der Waals surface area (Å²) in [6, 6.07) is 7.00. The zero-order chi connectivity index (χ0) is 20.2. The van der Waals surface area contributed by atoms with Gasteiger partial charge in [0.25, 0.3) is 5.91 Å². The molecule has 2 rings (SSSR count). The van der Waals surface area contributed by atoms with Gasteiger partial charge in [-0.3, -0.25) is 9.59 Å². The summed E-state index contributed by atoms with van der Waals surface area (Å²) in [5.41, 5.74) is 0.576. The number of benzene rings is 1. The molecule has 0 bridgehead atoms. The van der Waals surface area contributed by atoms with Crippen molar-refractivity contribution in [2.24, 2.45) is 0 Å². The highest BCUT2D eigenvalue weighted by Gasteiger charge is 2.31. The van der Waals surface area contributed by atoms with Crippen LogP contribution in [-0.4, -0.2) is 47.0 Å². The van der Waals surface area contributed by atoms with Gasteiger partial charge in [0.05, 0.1) is 11.0 Å². The highest BCUT2D eigenvalue weighted by atomic mass is 32.1. The molecule has 1 heterocycles. The first-order chi connectivity index (χ1) is 12.6. The number of amides is 1. The number of carbonyl (C=O) groups is 2. The van der Waals surface area contributed by atoms with Crippen LogP contribution in [0.1, 0.15) is 16.6 Å². The van der Waals surface area contributed by atoms with E-state index in [9.17, 15) is 27.9 Å². The maximum absolute atomic E-state index is 12.2. The van der Waals surface area contributed by atoms with Crippen LogP contribution in [0.25, 0.3) is 10.4 Å². The topological polar surface area (TPSA) is 95.9 Å². The van der Waals surface area contributed by atoms with Gasteiger partial charge < -0.3 is 20.3 Å². The van der Waals surface area contributed by atoms with Gasteiger partial charge in [-0.2, -0.15) is 0 Å². The third kappa shape index (κ3) is 5.78. The number of alkyl halides is 3. The summed E-state index contributed by atoms with van der Waals surface area (Å²) in [5.74, 6) is -1.70. The Labute approximate surface area is 156 Å². The smallest absolute Gasteiger partial charge is 0.406 e. The fourth-order valence-corrected chi connectivity index (χ4v) is 3.13. The fourth-order valence-electron chi connectivity index (χ4n) is 2.22. The molecule has 10 heteroatoms. The molecule has 0 saturated heterocycles. The van der Waals surface area contributed by atoms with Gasteiger partial charge in [-0.15, -0.1) is 24.5 Å². The molecule has 0 fully saturated rings. The van der Waals surface area contributed by atoms with Crippen LogP contribution in [-0.2, 0) is 4.79 Å². The number of ether oxygens (including phenoxy) is 1. The molecule has 3 N–H and O–H groups in total. The highest BCUT2D eigenvalue weighted by Crippen LogP contribution is 2.31. The molecule has 0 aliphatic carbocycles. The molecule has 0 radical (unpaired) electrons. The molecule has 6 nitrogen and oxygen atoms in total. The molecule has 0 aliphatic rings. The Bertz CT molecular complexity index is 802. The Morgan fingerprint density at radius 2 is 1.81 bits per heavy atom. The van der Waals surface area contributed by atoms with E-state index in [0.717, 1.165) is 23.5 Å². The summed E-state index contributed by atoms with van der Waals surface area (Å²) in [6.07, 6.45) is -5.96. The minimum Gasteiger partial charge on any atom is -0.406 e. The molecule has 2 aromatic rings. The summed E-state index contributed by atoms with van der Waals surface area (Å²) >= 11 is 1.06. The van der Waals surface area contributed by atoms with E-state index < -0.39 is 36.8 Å². The van der Waals surface area contributed by atoms with Crippen molar-refractivity contribution in [3.05, 3.63) is 41.3 Å². The van der Waals surface area contributed by atoms with Crippen LogP contribution in [0.4, 0.5) is 13.2 Å². The van der Waals surface area contributed by atoms with Crippen molar-refractivity contribution in [1.29, 1.82) is 0 Å². The third-order valence-corrected chi connectivity index (χ3v) is 4.61. The van der Waals surface area contributed by atoms with Gasteiger partial charge in [0.1, 0.15) is 18.4 Å². The molecule has 1 amide bonds.